The minimum atomic E-state index is -0.157. The lowest BCUT2D eigenvalue weighted by molar-refractivity contribution is -0.129. The van der Waals surface area contributed by atoms with Gasteiger partial charge in [0.1, 0.15) is 6.61 Å². The summed E-state index contributed by atoms with van der Waals surface area (Å²) in [6.45, 7) is 0.410. The average Bonchev–Trinajstić information content (AvgIpc) is 2.25. The van der Waals surface area contributed by atoms with Gasteiger partial charge in [-0.2, -0.15) is 0 Å². The summed E-state index contributed by atoms with van der Waals surface area (Å²) in [5.41, 5.74) is 6.43. The van der Waals surface area contributed by atoms with Crippen molar-refractivity contribution in [3.8, 4) is 0 Å². The van der Waals surface area contributed by atoms with Gasteiger partial charge in [0.25, 0.3) is 6.47 Å². The van der Waals surface area contributed by atoms with Gasteiger partial charge in [-0.15, -0.1) is 0 Å². The molecule has 0 aliphatic heterocycles. The fourth-order valence-electron chi connectivity index (χ4n) is 1.15. The highest BCUT2D eigenvalue weighted by molar-refractivity contribution is 5.98. The number of carbonyl (C=O) groups is 2. The van der Waals surface area contributed by atoms with Crippen molar-refractivity contribution in [3.05, 3.63) is 35.4 Å². The number of Topliss-reactive ketones (excluding diaryl/α,β-unsaturated/α-hetero) is 1. The maximum Gasteiger partial charge on any atom is 0.293 e. The third-order valence-corrected chi connectivity index (χ3v) is 1.81. The van der Waals surface area contributed by atoms with Gasteiger partial charge in [-0.05, 0) is 0 Å². The predicted octanol–water partition coefficient (Wildman–Crippen LogP) is 0.501. The molecule has 0 radical (unpaired) electrons. The Bertz CT molecular complexity index is 336. The average molecular weight is 193 g/mol. The summed E-state index contributed by atoms with van der Waals surface area (Å²) < 4.78 is 4.58. The molecule has 0 saturated carbocycles. The molecule has 0 aliphatic carbocycles. The number of benzene rings is 1. The second-order valence-electron chi connectivity index (χ2n) is 2.69. The summed E-state index contributed by atoms with van der Waals surface area (Å²) in [4.78, 5) is 21.3. The van der Waals surface area contributed by atoms with Crippen LogP contribution in [0.15, 0.2) is 24.3 Å². The van der Waals surface area contributed by atoms with E-state index in [1.807, 2.05) is 0 Å². The Morgan fingerprint density at radius 1 is 1.43 bits per heavy atom. The molecule has 0 aliphatic rings. The van der Waals surface area contributed by atoms with Gasteiger partial charge in [0.15, 0.2) is 5.78 Å². The van der Waals surface area contributed by atoms with Crippen LogP contribution in [0.1, 0.15) is 15.9 Å². The van der Waals surface area contributed by atoms with E-state index < -0.39 is 0 Å². The molecule has 0 fully saturated rings. The van der Waals surface area contributed by atoms with Gasteiger partial charge in [-0.3, -0.25) is 9.59 Å². The summed E-state index contributed by atoms with van der Waals surface area (Å²) in [5, 5.41) is 0. The van der Waals surface area contributed by atoms with E-state index in [0.29, 0.717) is 17.6 Å². The first-order chi connectivity index (χ1) is 6.79. The standard InChI is InChI=1S/C10H11NO3/c11-5-10(13)9-4-2-1-3-8(9)6-14-7-12/h1-4,7H,5-6,11H2. The molecule has 4 nitrogen and oxygen atoms in total. The number of hydrogen-bond donors (Lipinski definition) is 1. The van der Waals surface area contributed by atoms with Crippen molar-refractivity contribution in [2.24, 2.45) is 5.73 Å². The molecular formula is C10H11NO3. The summed E-state index contributed by atoms with van der Waals surface area (Å²) in [5.74, 6) is -0.157. The zero-order valence-electron chi connectivity index (χ0n) is 7.60. The van der Waals surface area contributed by atoms with Crippen LogP contribution in [0.5, 0.6) is 0 Å². The van der Waals surface area contributed by atoms with Crippen molar-refractivity contribution in [3.63, 3.8) is 0 Å². The molecule has 74 valence electrons. The smallest absolute Gasteiger partial charge is 0.293 e. The maximum atomic E-state index is 11.3. The first kappa shape index (κ1) is 10.4. The molecule has 0 bridgehead atoms. The first-order valence-electron chi connectivity index (χ1n) is 4.16. The van der Waals surface area contributed by atoms with Gasteiger partial charge in [-0.1, -0.05) is 24.3 Å². The van der Waals surface area contributed by atoms with E-state index in [9.17, 15) is 9.59 Å². The van der Waals surface area contributed by atoms with Crippen LogP contribution in [-0.4, -0.2) is 18.8 Å². The molecule has 0 aromatic heterocycles. The highest BCUT2D eigenvalue weighted by Crippen LogP contribution is 2.09. The van der Waals surface area contributed by atoms with E-state index in [4.69, 9.17) is 5.73 Å². The van der Waals surface area contributed by atoms with E-state index in [0.717, 1.165) is 0 Å². The van der Waals surface area contributed by atoms with Crippen LogP contribution in [0, 0.1) is 0 Å². The lowest BCUT2D eigenvalue weighted by Gasteiger charge is -2.05. The molecule has 0 spiro atoms. The summed E-state index contributed by atoms with van der Waals surface area (Å²) >= 11 is 0. The quantitative estimate of drug-likeness (QED) is 0.546. The molecule has 0 unspecified atom stereocenters. The third-order valence-electron chi connectivity index (χ3n) is 1.81. The topological polar surface area (TPSA) is 69.4 Å². The van der Waals surface area contributed by atoms with Gasteiger partial charge < -0.3 is 10.5 Å². The summed E-state index contributed by atoms with van der Waals surface area (Å²) in [7, 11) is 0. The number of nitrogens with two attached hydrogens (primary N) is 1. The Morgan fingerprint density at radius 2 is 2.14 bits per heavy atom. The number of ether oxygens (including phenoxy) is 1. The van der Waals surface area contributed by atoms with Gasteiger partial charge in [0, 0.05) is 11.1 Å². The highest BCUT2D eigenvalue weighted by atomic mass is 16.5. The van der Waals surface area contributed by atoms with Crippen LogP contribution in [0.2, 0.25) is 0 Å². The van der Waals surface area contributed by atoms with Gasteiger partial charge in [0.2, 0.25) is 0 Å². The molecule has 2 N–H and O–H groups in total. The van der Waals surface area contributed by atoms with Crippen molar-refractivity contribution in [2.45, 2.75) is 6.61 Å². The number of carbonyl (C=O) groups excluding carboxylic acids is 2. The molecule has 0 atom stereocenters. The van der Waals surface area contributed by atoms with E-state index in [1.54, 1.807) is 24.3 Å². The Hall–Kier alpha value is -1.68. The summed E-state index contributed by atoms with van der Waals surface area (Å²) in [6, 6.07) is 6.91. The second kappa shape index (κ2) is 5.14. The van der Waals surface area contributed by atoms with Crippen LogP contribution < -0.4 is 5.73 Å². The van der Waals surface area contributed by atoms with Gasteiger partial charge in [0.05, 0.1) is 6.54 Å². The van der Waals surface area contributed by atoms with E-state index in [1.165, 1.54) is 0 Å². The Labute approximate surface area is 81.7 Å². The second-order valence-corrected chi connectivity index (χ2v) is 2.69. The molecule has 1 rings (SSSR count). The lowest BCUT2D eigenvalue weighted by Crippen LogP contribution is -2.15. The normalized spacial score (nSPS) is 9.50. The van der Waals surface area contributed by atoms with Gasteiger partial charge in [-0.25, -0.2) is 0 Å². The van der Waals surface area contributed by atoms with E-state index in [2.05, 4.69) is 4.74 Å². The van der Waals surface area contributed by atoms with Crippen LogP contribution in [0.25, 0.3) is 0 Å². The molecule has 14 heavy (non-hydrogen) atoms. The van der Waals surface area contributed by atoms with Crippen molar-refractivity contribution in [2.75, 3.05) is 6.54 Å². The van der Waals surface area contributed by atoms with Crippen LogP contribution in [-0.2, 0) is 16.1 Å². The Morgan fingerprint density at radius 3 is 2.79 bits per heavy atom. The monoisotopic (exact) mass is 193 g/mol. The highest BCUT2D eigenvalue weighted by Gasteiger charge is 2.08. The largest absolute Gasteiger partial charge is 0.463 e. The maximum absolute atomic E-state index is 11.3. The van der Waals surface area contributed by atoms with Crippen molar-refractivity contribution < 1.29 is 14.3 Å². The van der Waals surface area contributed by atoms with Crippen molar-refractivity contribution >= 4 is 12.3 Å². The third kappa shape index (κ3) is 2.40. The van der Waals surface area contributed by atoms with Crippen LogP contribution in [0.3, 0.4) is 0 Å². The van der Waals surface area contributed by atoms with Crippen molar-refractivity contribution in [1.82, 2.24) is 0 Å². The lowest BCUT2D eigenvalue weighted by atomic mass is 10.0. The minimum absolute atomic E-state index is 0.0435. The predicted molar refractivity (Wildman–Crippen MR) is 50.7 cm³/mol. The van der Waals surface area contributed by atoms with E-state index >= 15 is 0 Å². The van der Waals surface area contributed by atoms with Gasteiger partial charge >= 0.3 is 0 Å². The first-order valence-corrected chi connectivity index (χ1v) is 4.16. The fourth-order valence-corrected chi connectivity index (χ4v) is 1.15. The number of ketones is 1. The van der Waals surface area contributed by atoms with E-state index in [-0.39, 0.29) is 18.9 Å². The number of rotatable bonds is 5. The zero-order valence-corrected chi connectivity index (χ0v) is 7.60. The zero-order chi connectivity index (χ0) is 10.4. The molecule has 0 amide bonds. The molecule has 1 aromatic rings. The minimum Gasteiger partial charge on any atom is -0.463 e. The molecule has 0 heterocycles. The molecule has 0 saturated heterocycles. The fraction of sp³-hybridized carbons (Fsp3) is 0.200. The number of hydrogen-bond acceptors (Lipinski definition) is 4. The van der Waals surface area contributed by atoms with Crippen molar-refractivity contribution in [1.29, 1.82) is 0 Å². The SMILES string of the molecule is NCC(=O)c1ccccc1COC=O. The Balaban J connectivity index is 2.90. The van der Waals surface area contributed by atoms with Crippen LogP contribution in [0.4, 0.5) is 0 Å². The molecule has 1 aromatic carbocycles. The molecular weight excluding hydrogens is 182 g/mol. The van der Waals surface area contributed by atoms with Crippen LogP contribution >= 0.6 is 0 Å². The summed E-state index contributed by atoms with van der Waals surface area (Å²) in [6.07, 6.45) is 0. The Kier molecular flexibility index (Phi) is 3.82. The molecule has 4 heteroatoms.